The highest BCUT2D eigenvalue weighted by molar-refractivity contribution is 7.85. The number of rotatable bonds is 6. The van der Waals surface area contributed by atoms with E-state index in [-0.39, 0.29) is 6.61 Å². The number of amides is 1. The molecule has 0 saturated carbocycles. The van der Waals surface area contributed by atoms with Crippen molar-refractivity contribution in [2.24, 2.45) is 0 Å². The van der Waals surface area contributed by atoms with Crippen LogP contribution in [-0.2, 0) is 25.6 Å². The van der Waals surface area contributed by atoms with E-state index < -0.39 is 35.0 Å². The van der Waals surface area contributed by atoms with Crippen LogP contribution in [0.3, 0.4) is 0 Å². The van der Waals surface area contributed by atoms with E-state index in [1.807, 2.05) is 0 Å². The Kier molecular flexibility index (Phi) is 6.18. The van der Waals surface area contributed by atoms with Gasteiger partial charge in [-0.3, -0.25) is 4.18 Å². The van der Waals surface area contributed by atoms with Crippen LogP contribution in [0.4, 0.5) is 18.0 Å². The lowest BCUT2D eigenvalue weighted by molar-refractivity contribution is -0.160. The number of benzene rings is 1. The van der Waals surface area contributed by atoms with E-state index in [0.717, 1.165) is 0 Å². The number of carbonyl (C=O) groups is 1. The molecule has 0 bridgehead atoms. The van der Waals surface area contributed by atoms with E-state index >= 15 is 0 Å². The molecule has 0 aliphatic rings. The van der Waals surface area contributed by atoms with Crippen LogP contribution in [0, 0.1) is 0 Å². The van der Waals surface area contributed by atoms with Gasteiger partial charge in [0.05, 0.1) is 12.9 Å². The molecule has 0 aromatic heterocycles. The van der Waals surface area contributed by atoms with Gasteiger partial charge in [-0.1, -0.05) is 30.3 Å². The maximum atomic E-state index is 12.7. The summed E-state index contributed by atoms with van der Waals surface area (Å²) in [5.74, 6) is 0. The first-order valence-electron chi connectivity index (χ1n) is 5.96. The van der Waals surface area contributed by atoms with Crippen LogP contribution in [0.5, 0.6) is 0 Å². The highest BCUT2D eigenvalue weighted by Gasteiger charge is 2.42. The fourth-order valence-corrected chi connectivity index (χ4v) is 1.70. The third-order valence-corrected chi connectivity index (χ3v) is 2.91. The van der Waals surface area contributed by atoms with E-state index in [4.69, 9.17) is 0 Å². The van der Waals surface area contributed by atoms with Gasteiger partial charge >= 0.3 is 12.3 Å². The zero-order valence-corrected chi connectivity index (χ0v) is 12.3. The number of alkyl carbamates (subject to hydrolysis) is 1. The lowest BCUT2D eigenvalue weighted by Gasteiger charge is -2.20. The molecule has 1 N–H and O–H groups in total. The molecule has 22 heavy (non-hydrogen) atoms. The van der Waals surface area contributed by atoms with Crippen LogP contribution >= 0.6 is 0 Å². The zero-order valence-electron chi connectivity index (χ0n) is 11.5. The van der Waals surface area contributed by atoms with E-state index in [9.17, 15) is 26.4 Å². The third kappa shape index (κ3) is 7.27. The molecule has 0 saturated heterocycles. The maximum absolute atomic E-state index is 12.7. The summed E-state index contributed by atoms with van der Waals surface area (Å²) in [4.78, 5) is 11.4. The Hall–Kier alpha value is -1.81. The predicted molar refractivity (Wildman–Crippen MR) is 70.4 cm³/mol. The van der Waals surface area contributed by atoms with Gasteiger partial charge in [0.2, 0.25) is 0 Å². The summed E-state index contributed by atoms with van der Waals surface area (Å²) >= 11 is 0. The molecule has 124 valence electrons. The van der Waals surface area contributed by atoms with Gasteiger partial charge in [0.1, 0.15) is 6.61 Å². The molecule has 0 heterocycles. The van der Waals surface area contributed by atoms with Gasteiger partial charge in [0, 0.05) is 0 Å². The van der Waals surface area contributed by atoms with Gasteiger partial charge in [0.15, 0.2) is 6.04 Å². The normalized spacial score (nSPS) is 13.5. The Balaban J connectivity index is 2.56. The summed E-state index contributed by atoms with van der Waals surface area (Å²) < 4.78 is 68.2. The number of nitrogens with one attached hydrogen (secondary N) is 1. The first kappa shape index (κ1) is 18.2. The van der Waals surface area contributed by atoms with Crippen molar-refractivity contribution in [3.8, 4) is 0 Å². The molecule has 1 atom stereocenters. The molecule has 1 amide bonds. The van der Waals surface area contributed by atoms with Crippen molar-refractivity contribution in [3.63, 3.8) is 0 Å². The minimum Gasteiger partial charge on any atom is -0.445 e. The Labute approximate surface area is 125 Å². The van der Waals surface area contributed by atoms with Crippen molar-refractivity contribution in [3.05, 3.63) is 35.9 Å². The van der Waals surface area contributed by atoms with Gasteiger partial charge in [0.25, 0.3) is 10.1 Å². The van der Waals surface area contributed by atoms with Crippen molar-refractivity contribution in [2.75, 3.05) is 12.9 Å². The van der Waals surface area contributed by atoms with E-state index in [1.54, 1.807) is 30.3 Å². The van der Waals surface area contributed by atoms with Gasteiger partial charge in [-0.2, -0.15) is 21.6 Å². The van der Waals surface area contributed by atoms with E-state index in [2.05, 4.69) is 8.92 Å². The Morgan fingerprint density at radius 3 is 2.36 bits per heavy atom. The smallest absolute Gasteiger partial charge is 0.411 e. The van der Waals surface area contributed by atoms with Gasteiger partial charge in [-0.25, -0.2) is 4.79 Å². The second-order valence-electron chi connectivity index (χ2n) is 4.29. The maximum Gasteiger partial charge on any atom is 0.411 e. The molecule has 0 aliphatic heterocycles. The van der Waals surface area contributed by atoms with Crippen molar-refractivity contribution >= 4 is 16.2 Å². The summed E-state index contributed by atoms with van der Waals surface area (Å²) in [5, 5.41) is 1.52. The summed E-state index contributed by atoms with van der Waals surface area (Å²) in [7, 11) is -4.06. The Morgan fingerprint density at radius 1 is 1.27 bits per heavy atom. The van der Waals surface area contributed by atoms with Crippen molar-refractivity contribution < 1.29 is 35.3 Å². The standard InChI is InChI=1S/C12H14F3NO5S/c1-22(18,19)21-8-10(12(13,14)15)16-11(17)20-7-9-5-3-2-4-6-9/h2-6,10H,7-8H2,1H3,(H,16,17). The molecule has 1 rings (SSSR count). The third-order valence-electron chi connectivity index (χ3n) is 2.35. The van der Waals surface area contributed by atoms with Gasteiger partial charge < -0.3 is 10.1 Å². The number of hydrogen-bond acceptors (Lipinski definition) is 5. The quantitative estimate of drug-likeness (QED) is 0.798. The van der Waals surface area contributed by atoms with Crippen LogP contribution < -0.4 is 5.32 Å². The molecule has 0 radical (unpaired) electrons. The molecule has 0 aliphatic carbocycles. The average molecular weight is 341 g/mol. The minimum atomic E-state index is -4.88. The van der Waals surface area contributed by atoms with Crippen LogP contribution in [0.25, 0.3) is 0 Å². The second kappa shape index (κ2) is 7.45. The molecule has 10 heteroatoms. The molecular weight excluding hydrogens is 327 g/mol. The zero-order chi connectivity index (χ0) is 16.8. The van der Waals surface area contributed by atoms with E-state index in [1.165, 1.54) is 5.32 Å². The fraction of sp³-hybridized carbons (Fsp3) is 0.417. The average Bonchev–Trinajstić information content (AvgIpc) is 2.40. The molecule has 1 aromatic carbocycles. The molecule has 6 nitrogen and oxygen atoms in total. The van der Waals surface area contributed by atoms with Crippen molar-refractivity contribution in [2.45, 2.75) is 18.8 Å². The summed E-state index contributed by atoms with van der Waals surface area (Å²) in [6.07, 6.45) is -5.60. The SMILES string of the molecule is CS(=O)(=O)OCC(NC(=O)OCc1ccccc1)C(F)(F)F. The number of carbonyl (C=O) groups excluding carboxylic acids is 1. The molecular formula is C12H14F3NO5S. The van der Waals surface area contributed by atoms with Crippen molar-refractivity contribution in [1.82, 2.24) is 5.32 Å². The first-order valence-corrected chi connectivity index (χ1v) is 7.78. The van der Waals surface area contributed by atoms with Gasteiger partial charge in [-0.15, -0.1) is 0 Å². The number of alkyl halides is 3. The molecule has 0 spiro atoms. The number of hydrogen-bond donors (Lipinski definition) is 1. The molecule has 0 fully saturated rings. The minimum absolute atomic E-state index is 0.218. The number of ether oxygens (including phenoxy) is 1. The largest absolute Gasteiger partial charge is 0.445 e. The highest BCUT2D eigenvalue weighted by atomic mass is 32.2. The fourth-order valence-electron chi connectivity index (χ4n) is 1.32. The van der Waals surface area contributed by atoms with Crippen LogP contribution in [-0.4, -0.2) is 39.6 Å². The highest BCUT2D eigenvalue weighted by Crippen LogP contribution is 2.21. The van der Waals surface area contributed by atoms with Gasteiger partial charge in [-0.05, 0) is 5.56 Å². The van der Waals surface area contributed by atoms with Crippen LogP contribution in [0.2, 0.25) is 0 Å². The first-order chi connectivity index (χ1) is 10.1. The monoisotopic (exact) mass is 341 g/mol. The Morgan fingerprint density at radius 2 is 1.86 bits per heavy atom. The topological polar surface area (TPSA) is 81.7 Å². The van der Waals surface area contributed by atoms with Crippen LogP contribution in [0.15, 0.2) is 30.3 Å². The van der Waals surface area contributed by atoms with Crippen LogP contribution in [0.1, 0.15) is 5.56 Å². The lowest BCUT2D eigenvalue weighted by Crippen LogP contribution is -2.48. The number of halogens is 3. The summed E-state index contributed by atoms with van der Waals surface area (Å²) in [6.45, 7) is -1.48. The molecule has 1 unspecified atom stereocenters. The predicted octanol–water partition coefficient (Wildman–Crippen LogP) is 1.82. The van der Waals surface area contributed by atoms with Crippen molar-refractivity contribution in [1.29, 1.82) is 0 Å². The second-order valence-corrected chi connectivity index (χ2v) is 5.93. The lowest BCUT2D eigenvalue weighted by atomic mass is 10.2. The Bertz CT molecular complexity index is 589. The summed E-state index contributed by atoms with van der Waals surface area (Å²) in [5.41, 5.74) is 0.591. The summed E-state index contributed by atoms with van der Waals surface area (Å²) in [6, 6.07) is 5.84. The molecule has 1 aromatic rings. The van der Waals surface area contributed by atoms with E-state index in [0.29, 0.717) is 11.8 Å².